The second-order valence-electron chi connectivity index (χ2n) is 4.78. The van der Waals surface area contributed by atoms with Gasteiger partial charge in [-0.3, -0.25) is 4.68 Å². The van der Waals surface area contributed by atoms with Crippen molar-refractivity contribution in [3.05, 3.63) is 41.2 Å². The Morgan fingerprint density at radius 1 is 1.30 bits per heavy atom. The van der Waals surface area contributed by atoms with Gasteiger partial charge in [0.05, 0.1) is 11.4 Å². The number of aryl methyl sites for hydroxylation is 3. The summed E-state index contributed by atoms with van der Waals surface area (Å²) in [7, 11) is 0.446. The van der Waals surface area contributed by atoms with Crippen LogP contribution in [0, 0.1) is 6.92 Å². The Bertz CT molecular complexity index is 596. The van der Waals surface area contributed by atoms with Crippen LogP contribution in [-0.2, 0) is 20.1 Å². The highest BCUT2D eigenvalue weighted by Gasteiger charge is 2.14. The van der Waals surface area contributed by atoms with E-state index in [1.165, 1.54) is 0 Å². The lowest BCUT2D eigenvalue weighted by Gasteiger charge is -2.09. The number of ether oxygens (including phenoxy) is 1. The number of hydrogen-bond donors (Lipinski definition) is 2. The minimum atomic E-state index is -1.45. The van der Waals surface area contributed by atoms with Crippen LogP contribution in [0.25, 0.3) is 0 Å². The molecule has 0 aliphatic rings. The van der Waals surface area contributed by atoms with Crippen LogP contribution in [0.4, 0.5) is 0 Å². The van der Waals surface area contributed by atoms with Crippen LogP contribution in [0.15, 0.2) is 24.3 Å². The Morgan fingerprint density at radius 3 is 2.60 bits per heavy atom. The molecular formula is C14H19BN2O3. The molecule has 0 spiro atoms. The minimum absolute atomic E-state index is 0.434. The molecule has 2 N–H and O–H groups in total. The molecule has 0 aliphatic heterocycles. The van der Waals surface area contributed by atoms with Gasteiger partial charge in [-0.1, -0.05) is 13.0 Å². The third-order valence-electron chi connectivity index (χ3n) is 3.30. The van der Waals surface area contributed by atoms with Crippen molar-refractivity contribution in [2.24, 2.45) is 7.05 Å². The molecule has 6 heteroatoms. The van der Waals surface area contributed by atoms with Gasteiger partial charge in [-0.25, -0.2) is 0 Å². The van der Waals surface area contributed by atoms with Gasteiger partial charge in [0.15, 0.2) is 0 Å². The van der Waals surface area contributed by atoms with Crippen molar-refractivity contribution in [2.75, 3.05) is 0 Å². The fourth-order valence-electron chi connectivity index (χ4n) is 2.06. The molecule has 0 radical (unpaired) electrons. The molecule has 5 nitrogen and oxygen atoms in total. The van der Waals surface area contributed by atoms with Gasteiger partial charge in [-0.2, -0.15) is 5.10 Å². The van der Waals surface area contributed by atoms with E-state index in [9.17, 15) is 10.0 Å². The van der Waals surface area contributed by atoms with E-state index < -0.39 is 7.12 Å². The molecule has 0 amide bonds. The summed E-state index contributed by atoms with van der Waals surface area (Å²) in [6.07, 6.45) is 0.899. The Kier molecular flexibility index (Phi) is 4.47. The maximum absolute atomic E-state index is 9.17. The monoisotopic (exact) mass is 274 g/mol. The zero-order chi connectivity index (χ0) is 14.7. The van der Waals surface area contributed by atoms with Crippen LogP contribution < -0.4 is 10.2 Å². The van der Waals surface area contributed by atoms with E-state index in [-0.39, 0.29) is 0 Å². The highest BCUT2D eigenvalue weighted by Crippen LogP contribution is 2.14. The standard InChI is InChI=1S/C14H19BN2O3/c1-4-11-8-12(17(3)16-11)9-20-13-5-6-14(15(18)19)10(2)7-13/h5-8,18-19H,4,9H2,1-3H3. The maximum atomic E-state index is 9.17. The van der Waals surface area contributed by atoms with Crippen LogP contribution in [0.2, 0.25) is 0 Å². The van der Waals surface area contributed by atoms with Crippen molar-refractivity contribution < 1.29 is 14.8 Å². The first kappa shape index (κ1) is 14.6. The van der Waals surface area contributed by atoms with Crippen molar-refractivity contribution in [3.8, 4) is 5.75 Å². The Balaban J connectivity index is 2.07. The van der Waals surface area contributed by atoms with Gasteiger partial charge < -0.3 is 14.8 Å². The van der Waals surface area contributed by atoms with Crippen LogP contribution >= 0.6 is 0 Å². The smallest absolute Gasteiger partial charge is 0.487 e. The fourth-order valence-corrected chi connectivity index (χ4v) is 2.06. The van der Waals surface area contributed by atoms with Gasteiger partial charge in [-0.05, 0) is 42.6 Å². The summed E-state index contributed by atoms with van der Waals surface area (Å²) in [5, 5.41) is 22.7. The third kappa shape index (κ3) is 3.21. The van der Waals surface area contributed by atoms with Gasteiger partial charge in [0.1, 0.15) is 12.4 Å². The predicted molar refractivity (Wildman–Crippen MR) is 77.9 cm³/mol. The Morgan fingerprint density at radius 2 is 2.05 bits per heavy atom. The highest BCUT2D eigenvalue weighted by molar-refractivity contribution is 6.59. The minimum Gasteiger partial charge on any atom is -0.487 e. The summed E-state index contributed by atoms with van der Waals surface area (Å²) < 4.78 is 7.54. The molecule has 0 bridgehead atoms. The Labute approximate surface area is 119 Å². The van der Waals surface area contributed by atoms with Crippen LogP contribution in [0.1, 0.15) is 23.9 Å². The summed E-state index contributed by atoms with van der Waals surface area (Å²) in [5.41, 5.74) is 3.33. The lowest BCUT2D eigenvalue weighted by molar-refractivity contribution is 0.294. The van der Waals surface area contributed by atoms with E-state index in [0.29, 0.717) is 17.8 Å². The molecule has 1 heterocycles. The van der Waals surface area contributed by atoms with Crippen molar-refractivity contribution >= 4 is 12.6 Å². The molecule has 0 saturated carbocycles. The SMILES string of the molecule is CCc1cc(COc2ccc(B(O)O)c(C)c2)n(C)n1. The van der Waals surface area contributed by atoms with Crippen molar-refractivity contribution in [1.29, 1.82) is 0 Å². The van der Waals surface area contributed by atoms with Crippen molar-refractivity contribution in [2.45, 2.75) is 26.9 Å². The lowest BCUT2D eigenvalue weighted by Crippen LogP contribution is -2.31. The average molecular weight is 274 g/mol. The zero-order valence-electron chi connectivity index (χ0n) is 12.0. The van der Waals surface area contributed by atoms with E-state index in [2.05, 4.69) is 12.0 Å². The summed E-state index contributed by atoms with van der Waals surface area (Å²) in [6, 6.07) is 7.22. The maximum Gasteiger partial charge on any atom is 0.488 e. The number of nitrogens with zero attached hydrogens (tertiary/aromatic N) is 2. The number of hydrogen-bond acceptors (Lipinski definition) is 4. The molecule has 2 rings (SSSR count). The van der Waals surface area contributed by atoms with Gasteiger partial charge in [0.2, 0.25) is 0 Å². The van der Waals surface area contributed by atoms with E-state index in [1.54, 1.807) is 18.2 Å². The first-order valence-electron chi connectivity index (χ1n) is 6.62. The molecule has 1 aromatic heterocycles. The molecule has 0 fully saturated rings. The topological polar surface area (TPSA) is 67.5 Å². The number of benzene rings is 1. The second-order valence-corrected chi connectivity index (χ2v) is 4.78. The molecule has 2 aromatic rings. The molecule has 0 atom stereocenters. The van der Waals surface area contributed by atoms with Gasteiger partial charge in [0.25, 0.3) is 0 Å². The Hall–Kier alpha value is -1.79. The number of rotatable bonds is 5. The fraction of sp³-hybridized carbons (Fsp3) is 0.357. The van der Waals surface area contributed by atoms with E-state index in [0.717, 1.165) is 23.4 Å². The summed E-state index contributed by atoms with van der Waals surface area (Å²) in [6.45, 7) is 4.32. The van der Waals surface area contributed by atoms with Crippen molar-refractivity contribution in [3.63, 3.8) is 0 Å². The summed E-state index contributed by atoms with van der Waals surface area (Å²) in [5.74, 6) is 0.700. The predicted octanol–water partition coefficient (Wildman–Crippen LogP) is 0.550. The first-order valence-corrected chi connectivity index (χ1v) is 6.62. The zero-order valence-corrected chi connectivity index (χ0v) is 12.0. The van der Waals surface area contributed by atoms with Crippen LogP contribution in [-0.4, -0.2) is 26.9 Å². The largest absolute Gasteiger partial charge is 0.488 e. The van der Waals surface area contributed by atoms with E-state index in [1.807, 2.05) is 24.7 Å². The third-order valence-corrected chi connectivity index (χ3v) is 3.30. The van der Waals surface area contributed by atoms with Crippen molar-refractivity contribution in [1.82, 2.24) is 9.78 Å². The van der Waals surface area contributed by atoms with Crippen LogP contribution in [0.3, 0.4) is 0 Å². The average Bonchev–Trinajstić information content (AvgIpc) is 2.76. The molecule has 106 valence electrons. The lowest BCUT2D eigenvalue weighted by atomic mass is 9.77. The van der Waals surface area contributed by atoms with Crippen LogP contribution in [0.5, 0.6) is 5.75 Å². The van der Waals surface area contributed by atoms with E-state index >= 15 is 0 Å². The first-order chi connectivity index (χ1) is 9.51. The molecule has 0 unspecified atom stereocenters. The molecular weight excluding hydrogens is 255 g/mol. The molecule has 20 heavy (non-hydrogen) atoms. The summed E-state index contributed by atoms with van der Waals surface area (Å²) in [4.78, 5) is 0. The van der Waals surface area contributed by atoms with Gasteiger partial charge in [0, 0.05) is 7.05 Å². The molecule has 1 aromatic carbocycles. The van der Waals surface area contributed by atoms with E-state index in [4.69, 9.17) is 4.74 Å². The van der Waals surface area contributed by atoms with Gasteiger partial charge in [-0.15, -0.1) is 0 Å². The molecule has 0 aliphatic carbocycles. The number of aromatic nitrogens is 2. The highest BCUT2D eigenvalue weighted by atomic mass is 16.5. The normalized spacial score (nSPS) is 10.7. The molecule has 0 saturated heterocycles. The quantitative estimate of drug-likeness (QED) is 0.781. The van der Waals surface area contributed by atoms with Gasteiger partial charge >= 0.3 is 7.12 Å². The summed E-state index contributed by atoms with van der Waals surface area (Å²) >= 11 is 0. The second kappa shape index (κ2) is 6.11.